The Kier molecular flexibility index (Phi) is 7.92. The summed E-state index contributed by atoms with van der Waals surface area (Å²) in [6.07, 6.45) is 0.0511. The second-order valence-corrected chi connectivity index (χ2v) is 8.37. The average molecular weight is 455 g/mol. The van der Waals surface area contributed by atoms with Gasteiger partial charge in [-0.2, -0.15) is 0 Å². The van der Waals surface area contributed by atoms with Crippen molar-refractivity contribution in [3.05, 3.63) is 59.2 Å². The highest BCUT2D eigenvalue weighted by Gasteiger charge is 2.37. The molecule has 0 bridgehead atoms. The predicted octanol–water partition coefficient (Wildman–Crippen LogP) is 4.09. The molecule has 2 aromatic carbocycles. The van der Waals surface area contributed by atoms with Crippen LogP contribution in [0.25, 0.3) is 0 Å². The van der Waals surface area contributed by atoms with E-state index in [4.69, 9.17) is 14.2 Å². The Labute approximate surface area is 193 Å². The Morgan fingerprint density at radius 3 is 2.48 bits per heavy atom. The highest BCUT2D eigenvalue weighted by Crippen LogP contribution is 2.34. The van der Waals surface area contributed by atoms with E-state index in [1.807, 2.05) is 44.2 Å². The molecule has 2 aromatic rings. The smallest absolute Gasteiger partial charge is 0.410 e. The van der Waals surface area contributed by atoms with Crippen molar-refractivity contribution >= 4 is 23.7 Å². The van der Waals surface area contributed by atoms with E-state index in [9.17, 15) is 14.4 Å². The first kappa shape index (κ1) is 24.1. The van der Waals surface area contributed by atoms with Gasteiger partial charge in [-0.3, -0.25) is 9.69 Å². The van der Waals surface area contributed by atoms with E-state index in [2.05, 4.69) is 5.32 Å². The molecule has 0 saturated heterocycles. The second-order valence-electron chi connectivity index (χ2n) is 8.37. The molecule has 0 aliphatic carbocycles. The standard InChI is InChI=1S/C25H30N2O6/c1-16(2)14-33-25(30)27-12-11-19-13-21(9-10-22(19)23(27)24(29)31-4)32-15-18-5-7-20(8-6-18)26-17(3)28/h5-10,13,16,23H,11-12,14-15H2,1-4H3,(H,26,28). The Hall–Kier alpha value is -3.55. The van der Waals surface area contributed by atoms with Gasteiger partial charge in [0, 0.05) is 19.2 Å². The van der Waals surface area contributed by atoms with E-state index in [1.54, 1.807) is 12.1 Å². The molecule has 0 fully saturated rings. The summed E-state index contributed by atoms with van der Waals surface area (Å²) in [4.78, 5) is 37.7. The molecule has 8 nitrogen and oxygen atoms in total. The van der Waals surface area contributed by atoms with Crippen LogP contribution in [-0.4, -0.2) is 43.1 Å². The Morgan fingerprint density at radius 1 is 1.12 bits per heavy atom. The molecule has 1 aliphatic heterocycles. The van der Waals surface area contributed by atoms with Crippen LogP contribution in [0.5, 0.6) is 5.75 Å². The molecule has 3 rings (SSSR count). The van der Waals surface area contributed by atoms with Gasteiger partial charge >= 0.3 is 12.1 Å². The van der Waals surface area contributed by atoms with Crippen molar-refractivity contribution in [1.29, 1.82) is 0 Å². The van der Waals surface area contributed by atoms with Gasteiger partial charge in [0.25, 0.3) is 0 Å². The minimum atomic E-state index is -0.853. The average Bonchev–Trinajstić information content (AvgIpc) is 2.80. The zero-order valence-corrected chi connectivity index (χ0v) is 19.4. The van der Waals surface area contributed by atoms with Gasteiger partial charge in [-0.15, -0.1) is 0 Å². The van der Waals surface area contributed by atoms with Gasteiger partial charge in [-0.1, -0.05) is 32.0 Å². The topological polar surface area (TPSA) is 94.2 Å². The van der Waals surface area contributed by atoms with Gasteiger partial charge in [0.15, 0.2) is 6.04 Å². The van der Waals surface area contributed by atoms with Crippen LogP contribution >= 0.6 is 0 Å². The summed E-state index contributed by atoms with van der Waals surface area (Å²) in [6.45, 7) is 6.36. The molecule has 2 amide bonds. The van der Waals surface area contributed by atoms with Gasteiger partial charge < -0.3 is 19.5 Å². The summed E-state index contributed by atoms with van der Waals surface area (Å²) < 4.78 is 16.3. The number of carbonyl (C=O) groups is 3. The fourth-order valence-corrected chi connectivity index (χ4v) is 3.63. The second kappa shape index (κ2) is 10.8. The highest BCUT2D eigenvalue weighted by atomic mass is 16.6. The van der Waals surface area contributed by atoms with Crippen LogP contribution in [0.4, 0.5) is 10.5 Å². The highest BCUT2D eigenvalue weighted by molar-refractivity contribution is 5.88. The fourth-order valence-electron chi connectivity index (χ4n) is 3.63. The Bertz CT molecular complexity index is 1000. The van der Waals surface area contributed by atoms with Crippen LogP contribution in [0.1, 0.15) is 43.5 Å². The first-order valence-electron chi connectivity index (χ1n) is 10.9. The number of amides is 2. The largest absolute Gasteiger partial charge is 0.489 e. The van der Waals surface area contributed by atoms with E-state index in [0.29, 0.717) is 30.9 Å². The van der Waals surface area contributed by atoms with Gasteiger partial charge in [0.1, 0.15) is 12.4 Å². The Balaban J connectivity index is 1.71. The molecule has 0 spiro atoms. The third kappa shape index (κ3) is 6.25. The number of carbonyl (C=O) groups excluding carboxylic acids is 3. The lowest BCUT2D eigenvalue weighted by atomic mass is 9.92. The first-order valence-corrected chi connectivity index (χ1v) is 10.9. The molecule has 1 heterocycles. The van der Waals surface area contributed by atoms with Crippen molar-refractivity contribution in [2.75, 3.05) is 25.6 Å². The summed E-state index contributed by atoms with van der Waals surface area (Å²) >= 11 is 0. The van der Waals surface area contributed by atoms with Gasteiger partial charge in [-0.25, -0.2) is 9.59 Å². The number of nitrogens with one attached hydrogen (secondary N) is 1. The van der Waals surface area contributed by atoms with Crippen LogP contribution in [0.2, 0.25) is 0 Å². The molecule has 1 atom stereocenters. The molecule has 1 N–H and O–H groups in total. The quantitative estimate of drug-likeness (QED) is 0.634. The zero-order chi connectivity index (χ0) is 24.0. The molecule has 8 heteroatoms. The van der Waals surface area contributed by atoms with Crippen molar-refractivity contribution in [1.82, 2.24) is 4.90 Å². The van der Waals surface area contributed by atoms with Crippen molar-refractivity contribution in [3.8, 4) is 5.75 Å². The number of benzene rings is 2. The number of anilines is 1. The van der Waals surface area contributed by atoms with E-state index >= 15 is 0 Å². The molecular weight excluding hydrogens is 424 g/mol. The third-order valence-corrected chi connectivity index (χ3v) is 5.22. The number of hydrogen-bond donors (Lipinski definition) is 1. The zero-order valence-electron chi connectivity index (χ0n) is 19.4. The van der Waals surface area contributed by atoms with E-state index in [-0.39, 0.29) is 18.4 Å². The van der Waals surface area contributed by atoms with Crippen LogP contribution in [-0.2, 0) is 32.1 Å². The van der Waals surface area contributed by atoms with Gasteiger partial charge in [-0.05, 0) is 53.3 Å². The van der Waals surface area contributed by atoms with E-state index in [0.717, 1.165) is 16.8 Å². The lowest BCUT2D eigenvalue weighted by molar-refractivity contribution is -0.147. The third-order valence-electron chi connectivity index (χ3n) is 5.22. The van der Waals surface area contributed by atoms with Gasteiger partial charge in [0.2, 0.25) is 5.91 Å². The van der Waals surface area contributed by atoms with E-state index < -0.39 is 18.1 Å². The molecule has 0 saturated carbocycles. The SMILES string of the molecule is COC(=O)C1c2ccc(OCc3ccc(NC(C)=O)cc3)cc2CCN1C(=O)OCC(C)C. The number of esters is 1. The molecule has 1 aliphatic rings. The van der Waals surface area contributed by atoms with Crippen LogP contribution in [0.15, 0.2) is 42.5 Å². The normalized spacial score (nSPS) is 14.9. The first-order chi connectivity index (χ1) is 15.8. The van der Waals surface area contributed by atoms with Crippen molar-refractivity contribution < 1.29 is 28.6 Å². The van der Waals surface area contributed by atoms with Crippen molar-refractivity contribution in [2.24, 2.45) is 5.92 Å². The number of rotatable bonds is 7. The number of methoxy groups -OCH3 is 1. The Morgan fingerprint density at radius 2 is 1.85 bits per heavy atom. The number of nitrogens with zero attached hydrogens (tertiary/aromatic N) is 1. The molecule has 1 unspecified atom stereocenters. The van der Waals surface area contributed by atoms with Crippen LogP contribution in [0, 0.1) is 5.92 Å². The molecule has 33 heavy (non-hydrogen) atoms. The number of fused-ring (bicyclic) bond motifs is 1. The maximum atomic E-state index is 12.6. The number of ether oxygens (including phenoxy) is 3. The monoisotopic (exact) mass is 454 g/mol. The maximum absolute atomic E-state index is 12.6. The predicted molar refractivity (Wildman–Crippen MR) is 123 cm³/mol. The van der Waals surface area contributed by atoms with Crippen LogP contribution < -0.4 is 10.1 Å². The van der Waals surface area contributed by atoms with Crippen molar-refractivity contribution in [2.45, 2.75) is 39.8 Å². The summed E-state index contributed by atoms with van der Waals surface area (Å²) in [7, 11) is 1.31. The molecule has 176 valence electrons. The number of hydrogen-bond acceptors (Lipinski definition) is 6. The van der Waals surface area contributed by atoms with Crippen molar-refractivity contribution in [3.63, 3.8) is 0 Å². The molecule has 0 radical (unpaired) electrons. The summed E-state index contributed by atoms with van der Waals surface area (Å²) in [5.74, 6) is 0.235. The summed E-state index contributed by atoms with van der Waals surface area (Å²) in [6, 6.07) is 12.0. The maximum Gasteiger partial charge on any atom is 0.410 e. The summed E-state index contributed by atoms with van der Waals surface area (Å²) in [5.41, 5.74) is 3.32. The fraction of sp³-hybridized carbons (Fsp3) is 0.400. The lowest BCUT2D eigenvalue weighted by Gasteiger charge is -2.35. The van der Waals surface area contributed by atoms with E-state index in [1.165, 1.54) is 18.9 Å². The van der Waals surface area contributed by atoms with Gasteiger partial charge in [0.05, 0.1) is 13.7 Å². The molecular formula is C25H30N2O6. The minimum absolute atomic E-state index is 0.120. The minimum Gasteiger partial charge on any atom is -0.489 e. The lowest BCUT2D eigenvalue weighted by Crippen LogP contribution is -2.44. The summed E-state index contributed by atoms with van der Waals surface area (Å²) in [5, 5.41) is 2.73. The molecule has 0 aromatic heterocycles. The van der Waals surface area contributed by atoms with Crippen LogP contribution in [0.3, 0.4) is 0 Å².